The van der Waals surface area contributed by atoms with E-state index in [0.717, 1.165) is 0 Å². The van der Waals surface area contributed by atoms with E-state index >= 15 is 0 Å². The van der Waals surface area contributed by atoms with Gasteiger partial charge in [0.2, 0.25) is 9.05 Å². The third-order valence-corrected chi connectivity index (χ3v) is 5.33. The molecule has 0 N–H and O–H groups in total. The Morgan fingerprint density at radius 3 is 2.09 bits per heavy atom. The van der Waals surface area contributed by atoms with Crippen LogP contribution in [0.4, 0.5) is 0 Å². The lowest BCUT2D eigenvalue weighted by Gasteiger charge is -2.66. The van der Waals surface area contributed by atoms with Crippen LogP contribution >= 0.6 is 10.7 Å². The summed E-state index contributed by atoms with van der Waals surface area (Å²) < 4.78 is 26.4. The normalized spacial score (nSPS) is 47.8. The van der Waals surface area contributed by atoms with Crippen LogP contribution in [-0.4, -0.2) is 25.9 Å². The van der Waals surface area contributed by atoms with Gasteiger partial charge in [-0.15, -0.1) is 0 Å². The molecule has 0 aromatic rings. The molecule has 0 spiro atoms. The highest BCUT2D eigenvalue weighted by Crippen LogP contribution is 2.67. The average Bonchev–Trinajstić information content (AvgIpc) is 1.53. The number of ether oxygens (including phenoxy) is 1. The molecule has 3 aliphatic carbocycles. The van der Waals surface area contributed by atoms with Crippen LogP contribution in [-0.2, 0) is 13.8 Å². The van der Waals surface area contributed by atoms with Gasteiger partial charge in [-0.1, -0.05) is 0 Å². The van der Waals surface area contributed by atoms with Crippen molar-refractivity contribution in [2.24, 2.45) is 0 Å². The number of hydrogen-bond acceptors (Lipinski definition) is 3. The van der Waals surface area contributed by atoms with Crippen LogP contribution in [0.15, 0.2) is 0 Å². The van der Waals surface area contributed by atoms with E-state index in [2.05, 4.69) is 0 Å². The van der Waals surface area contributed by atoms with Crippen LogP contribution in [0.1, 0.15) is 19.3 Å². The van der Waals surface area contributed by atoms with Gasteiger partial charge in [-0.05, 0) is 19.3 Å². The molecular weight excluding hydrogens is 188 g/mol. The summed E-state index contributed by atoms with van der Waals surface area (Å²) in [6.07, 6.45) is 1.76. The first-order valence-electron chi connectivity index (χ1n) is 3.43. The maximum atomic E-state index is 10.9. The number of hydrogen-bond donors (Lipinski definition) is 0. The monoisotopic (exact) mass is 196 g/mol. The van der Waals surface area contributed by atoms with Crippen molar-refractivity contribution < 1.29 is 13.2 Å². The van der Waals surface area contributed by atoms with Gasteiger partial charge >= 0.3 is 0 Å². The van der Waals surface area contributed by atoms with Crippen molar-refractivity contribution in [3.63, 3.8) is 0 Å². The summed E-state index contributed by atoms with van der Waals surface area (Å²) in [6.45, 7) is 0. The summed E-state index contributed by atoms with van der Waals surface area (Å²) in [7, 11) is 3.51. The predicted octanol–water partition coefficient (Wildman–Crippen LogP) is 0.877. The zero-order valence-corrected chi connectivity index (χ0v) is 7.70. The molecule has 2 bridgehead atoms. The quantitative estimate of drug-likeness (QED) is 0.616. The summed E-state index contributed by atoms with van der Waals surface area (Å²) in [5.41, 5.74) is -0.137. The van der Waals surface area contributed by atoms with Crippen LogP contribution in [0.3, 0.4) is 0 Å². The number of rotatable bonds is 2. The minimum absolute atomic E-state index is 0.137. The SMILES string of the molecule is COC12CC(S(=O)(=O)Cl)(C1)C2. The molecule has 11 heavy (non-hydrogen) atoms. The van der Waals surface area contributed by atoms with Gasteiger partial charge in [0, 0.05) is 17.8 Å². The second kappa shape index (κ2) is 1.75. The van der Waals surface area contributed by atoms with E-state index in [-0.39, 0.29) is 5.60 Å². The largest absolute Gasteiger partial charge is 0.378 e. The summed E-state index contributed by atoms with van der Waals surface area (Å²) in [5.74, 6) is 0. The minimum Gasteiger partial charge on any atom is -0.378 e. The smallest absolute Gasteiger partial charge is 0.238 e. The minimum atomic E-state index is -3.36. The van der Waals surface area contributed by atoms with Crippen molar-refractivity contribution >= 4 is 19.7 Å². The van der Waals surface area contributed by atoms with Crippen molar-refractivity contribution in [1.29, 1.82) is 0 Å². The Kier molecular flexibility index (Phi) is 1.25. The summed E-state index contributed by atoms with van der Waals surface area (Å²) in [4.78, 5) is 0. The lowest BCUT2D eigenvalue weighted by Crippen LogP contribution is -2.74. The highest BCUT2D eigenvalue weighted by Gasteiger charge is 2.74. The number of halogens is 1. The molecule has 0 unspecified atom stereocenters. The molecule has 0 atom stereocenters. The highest BCUT2D eigenvalue weighted by atomic mass is 35.7. The lowest BCUT2D eigenvalue weighted by molar-refractivity contribution is -0.192. The zero-order valence-electron chi connectivity index (χ0n) is 6.13. The Morgan fingerprint density at radius 1 is 1.36 bits per heavy atom. The first-order chi connectivity index (χ1) is 4.93. The average molecular weight is 197 g/mol. The maximum Gasteiger partial charge on any atom is 0.238 e. The Balaban J connectivity index is 2.17. The topological polar surface area (TPSA) is 43.4 Å². The van der Waals surface area contributed by atoms with Crippen LogP contribution < -0.4 is 0 Å². The van der Waals surface area contributed by atoms with Crippen LogP contribution in [0.25, 0.3) is 0 Å². The molecule has 5 heteroatoms. The molecule has 3 fully saturated rings. The van der Waals surface area contributed by atoms with E-state index in [1.165, 1.54) is 0 Å². The predicted molar refractivity (Wildman–Crippen MR) is 41.1 cm³/mol. The van der Waals surface area contributed by atoms with E-state index in [9.17, 15) is 8.42 Å². The van der Waals surface area contributed by atoms with Crippen molar-refractivity contribution in [1.82, 2.24) is 0 Å². The van der Waals surface area contributed by atoms with Crippen molar-refractivity contribution in [2.75, 3.05) is 7.11 Å². The molecule has 0 amide bonds. The molecule has 64 valence electrons. The van der Waals surface area contributed by atoms with Gasteiger partial charge in [-0.3, -0.25) is 0 Å². The standard InChI is InChI=1S/C6H9ClO3S/c1-10-5-2-6(3-5,4-5)11(7,8)9/h2-4H2,1H3. The molecule has 3 nitrogen and oxygen atoms in total. The van der Waals surface area contributed by atoms with Gasteiger partial charge < -0.3 is 4.74 Å². The number of methoxy groups -OCH3 is 1. The highest BCUT2D eigenvalue weighted by molar-refractivity contribution is 8.15. The molecule has 3 aliphatic rings. The van der Waals surface area contributed by atoms with Crippen LogP contribution in [0.2, 0.25) is 0 Å². The van der Waals surface area contributed by atoms with E-state index in [0.29, 0.717) is 19.3 Å². The third kappa shape index (κ3) is 0.752. The van der Waals surface area contributed by atoms with E-state index in [4.69, 9.17) is 15.4 Å². The molecular formula is C6H9ClO3S. The fourth-order valence-corrected chi connectivity index (χ4v) is 3.88. The first-order valence-corrected chi connectivity index (χ1v) is 5.73. The van der Waals surface area contributed by atoms with Crippen molar-refractivity contribution in [3.05, 3.63) is 0 Å². The van der Waals surface area contributed by atoms with Gasteiger partial charge in [0.1, 0.15) is 0 Å². The lowest BCUT2D eigenvalue weighted by atomic mass is 9.51. The Hall–Kier alpha value is 0.200. The molecule has 3 rings (SSSR count). The second-order valence-corrected chi connectivity index (χ2v) is 6.50. The van der Waals surface area contributed by atoms with Crippen molar-refractivity contribution in [3.8, 4) is 0 Å². The zero-order chi connectivity index (χ0) is 8.33. The Labute approximate surface area is 70.1 Å². The third-order valence-electron chi connectivity index (χ3n) is 2.88. The summed E-state index contributed by atoms with van der Waals surface area (Å²) in [6, 6.07) is 0. The van der Waals surface area contributed by atoms with E-state index < -0.39 is 13.8 Å². The van der Waals surface area contributed by atoms with Gasteiger partial charge in [-0.2, -0.15) is 0 Å². The van der Waals surface area contributed by atoms with E-state index in [1.807, 2.05) is 0 Å². The molecule has 0 aromatic carbocycles. The fraction of sp³-hybridized carbons (Fsp3) is 1.00. The van der Waals surface area contributed by atoms with Crippen molar-refractivity contribution in [2.45, 2.75) is 29.6 Å². The Bertz CT molecular complexity index is 275. The van der Waals surface area contributed by atoms with Crippen LogP contribution in [0, 0.1) is 0 Å². The Morgan fingerprint density at radius 2 is 1.82 bits per heavy atom. The molecule has 0 radical (unpaired) electrons. The first kappa shape index (κ1) is 7.83. The summed E-state index contributed by atoms with van der Waals surface area (Å²) >= 11 is 0. The molecule has 3 saturated carbocycles. The second-order valence-electron chi connectivity index (χ2n) is 3.54. The van der Waals surface area contributed by atoms with Gasteiger partial charge in [0.15, 0.2) is 0 Å². The fourth-order valence-electron chi connectivity index (χ4n) is 2.08. The molecule has 0 aliphatic heterocycles. The van der Waals surface area contributed by atoms with E-state index in [1.54, 1.807) is 7.11 Å². The molecule has 0 heterocycles. The van der Waals surface area contributed by atoms with Gasteiger partial charge in [0.25, 0.3) is 0 Å². The molecule has 0 aromatic heterocycles. The van der Waals surface area contributed by atoms with Crippen LogP contribution in [0.5, 0.6) is 0 Å². The van der Waals surface area contributed by atoms with Gasteiger partial charge in [-0.25, -0.2) is 8.42 Å². The molecule has 0 saturated heterocycles. The summed E-state index contributed by atoms with van der Waals surface area (Å²) in [5, 5.41) is 0. The van der Waals surface area contributed by atoms with Gasteiger partial charge in [0.05, 0.1) is 10.3 Å². The maximum absolute atomic E-state index is 10.9.